The van der Waals surface area contributed by atoms with Crippen LogP contribution in [0.2, 0.25) is 0 Å². The van der Waals surface area contributed by atoms with Crippen LogP contribution in [0.4, 0.5) is 26.3 Å². The van der Waals surface area contributed by atoms with Crippen LogP contribution in [0.5, 0.6) is 0 Å². The van der Waals surface area contributed by atoms with Gasteiger partial charge in [-0.3, -0.25) is 0 Å². The molecule has 204 valence electrons. The maximum absolute atomic E-state index is 13.5. The van der Waals surface area contributed by atoms with Crippen LogP contribution >= 0.6 is 6.57 Å². The molecule has 2 saturated heterocycles. The van der Waals surface area contributed by atoms with Crippen LogP contribution in [0.25, 0.3) is 0 Å². The summed E-state index contributed by atoms with van der Waals surface area (Å²) in [6.07, 6.45) is -9.60. The van der Waals surface area contributed by atoms with Crippen molar-refractivity contribution >= 4 is 18.4 Å². The zero-order chi connectivity index (χ0) is 27.4. The molecule has 0 bridgehead atoms. The molecule has 2 aliphatic rings. The van der Waals surface area contributed by atoms with Crippen molar-refractivity contribution in [1.82, 2.24) is 9.34 Å². The van der Waals surface area contributed by atoms with E-state index in [0.29, 0.717) is 0 Å². The van der Waals surface area contributed by atoms with Gasteiger partial charge in [0, 0.05) is 0 Å². The minimum atomic E-state index is -4.59. The van der Waals surface area contributed by atoms with Crippen LogP contribution in [-0.4, -0.2) is 48.5 Å². The van der Waals surface area contributed by atoms with Crippen molar-refractivity contribution in [1.29, 1.82) is 0 Å². The van der Waals surface area contributed by atoms with E-state index in [1.54, 1.807) is 37.3 Å². The second-order valence-corrected chi connectivity index (χ2v) is 13.4. The van der Waals surface area contributed by atoms with Crippen molar-refractivity contribution in [2.24, 2.45) is 0 Å². The van der Waals surface area contributed by atoms with Crippen LogP contribution in [-0.2, 0) is 38.2 Å². The molecule has 0 spiro atoms. The van der Waals surface area contributed by atoms with Crippen molar-refractivity contribution in [3.05, 3.63) is 70.8 Å². The van der Waals surface area contributed by atoms with E-state index >= 15 is 0 Å². The van der Waals surface area contributed by atoms with Gasteiger partial charge in [-0.05, 0) is 75.1 Å². The first-order valence-electron chi connectivity index (χ1n) is 11.4. The van der Waals surface area contributed by atoms with E-state index in [2.05, 4.69) is 0 Å². The minimum Gasteiger partial charge on any atom is -0.348 e. The van der Waals surface area contributed by atoms with Crippen molar-refractivity contribution in [3.8, 4) is 0 Å². The number of alkyl halides is 6. The van der Waals surface area contributed by atoms with Gasteiger partial charge in [-0.15, -0.1) is 0 Å². The van der Waals surface area contributed by atoms with E-state index in [0.717, 1.165) is 24.3 Å². The largest absolute Gasteiger partial charge is 0.416 e. The van der Waals surface area contributed by atoms with Crippen molar-refractivity contribution in [2.75, 3.05) is 27.3 Å². The maximum Gasteiger partial charge on any atom is 0.416 e. The SMILES string of the molecule is CN1[C@@H](c2cccc(C(F)(F)F)c2)[C@H](c2cccc(C(F)(F)F)c2)N(C)P1(=S)OC[C@H]1COC(C)(C)O1. The zero-order valence-corrected chi connectivity index (χ0v) is 22.2. The summed E-state index contributed by atoms with van der Waals surface area (Å²) in [4.78, 5) is 0. The second-order valence-electron chi connectivity index (χ2n) is 9.52. The standard InChI is InChI=1S/C24H27F6N2O3PS/c1-22(2)33-13-19(35-22)14-34-36(37)31(3)20(15-7-5-9-17(11-15)23(25,26)27)21(32(36)4)16-8-6-10-18(12-16)24(28,29)30/h5-12,19-21H,13-14H2,1-4H3/t19-,20+,21+/m1/s1. The second kappa shape index (κ2) is 9.89. The van der Waals surface area contributed by atoms with Gasteiger partial charge in [0.2, 0.25) is 6.57 Å². The van der Waals surface area contributed by atoms with Gasteiger partial charge in [-0.2, -0.15) is 26.3 Å². The Morgan fingerprint density at radius 1 is 0.919 bits per heavy atom. The monoisotopic (exact) mass is 568 g/mol. The van der Waals surface area contributed by atoms with E-state index in [9.17, 15) is 26.3 Å². The summed E-state index contributed by atoms with van der Waals surface area (Å²) in [6, 6.07) is 7.91. The fourth-order valence-electron chi connectivity index (χ4n) is 4.75. The quantitative estimate of drug-likeness (QED) is 0.293. The Morgan fingerprint density at radius 2 is 1.38 bits per heavy atom. The van der Waals surface area contributed by atoms with Crippen molar-refractivity contribution in [3.63, 3.8) is 0 Å². The van der Waals surface area contributed by atoms with E-state index in [1.807, 2.05) is 0 Å². The lowest BCUT2D eigenvalue weighted by Gasteiger charge is -2.31. The van der Waals surface area contributed by atoms with Crippen LogP contribution in [0.1, 0.15) is 48.2 Å². The Hall–Kier alpha value is -1.53. The normalized spacial score (nSPS) is 26.6. The highest BCUT2D eigenvalue weighted by Crippen LogP contribution is 2.69. The van der Waals surface area contributed by atoms with Crippen LogP contribution in [0.3, 0.4) is 0 Å². The third-order valence-corrected chi connectivity index (χ3v) is 10.9. The van der Waals surface area contributed by atoms with Crippen LogP contribution in [0.15, 0.2) is 48.5 Å². The fourth-order valence-corrected chi connectivity index (χ4v) is 7.86. The van der Waals surface area contributed by atoms with Crippen molar-refractivity contribution < 1.29 is 40.3 Å². The first kappa shape index (κ1) is 28.5. The number of hydrogen-bond acceptors (Lipinski definition) is 4. The Kier molecular flexibility index (Phi) is 7.62. The molecule has 2 heterocycles. The van der Waals surface area contributed by atoms with Gasteiger partial charge in [0.1, 0.15) is 6.10 Å². The van der Waals surface area contributed by atoms with Crippen LogP contribution in [0, 0.1) is 0 Å². The molecule has 0 N–H and O–H groups in total. The average molecular weight is 569 g/mol. The summed E-state index contributed by atoms with van der Waals surface area (Å²) in [5.74, 6) is -0.796. The fraction of sp³-hybridized carbons (Fsp3) is 0.500. The van der Waals surface area contributed by atoms with Gasteiger partial charge < -0.3 is 14.0 Å². The molecular weight excluding hydrogens is 541 g/mol. The summed E-state index contributed by atoms with van der Waals surface area (Å²) in [6.45, 7) is 0.737. The first-order chi connectivity index (χ1) is 17.0. The Labute approximate surface area is 216 Å². The molecule has 2 aliphatic heterocycles. The van der Waals surface area contributed by atoms with Crippen molar-refractivity contribution in [2.45, 2.75) is 50.2 Å². The lowest BCUT2D eigenvalue weighted by Crippen LogP contribution is -2.26. The first-order valence-corrected chi connectivity index (χ1v) is 14.0. The number of nitrogens with zero attached hydrogens (tertiary/aromatic N) is 2. The molecule has 0 unspecified atom stereocenters. The number of rotatable bonds is 5. The Balaban J connectivity index is 1.76. The molecule has 13 heteroatoms. The molecule has 0 amide bonds. The maximum atomic E-state index is 13.5. The van der Waals surface area contributed by atoms with Crippen LogP contribution < -0.4 is 0 Å². The van der Waals surface area contributed by atoms with E-state index < -0.39 is 54.0 Å². The number of hydrogen-bond donors (Lipinski definition) is 0. The molecule has 4 rings (SSSR count). The third-order valence-electron chi connectivity index (χ3n) is 6.51. The topological polar surface area (TPSA) is 34.2 Å². The molecule has 0 aromatic heterocycles. The van der Waals surface area contributed by atoms with Gasteiger partial charge in [0.15, 0.2) is 5.79 Å². The molecule has 0 radical (unpaired) electrons. The molecule has 2 aromatic carbocycles. The van der Waals surface area contributed by atoms with E-state index in [4.69, 9.17) is 25.8 Å². The van der Waals surface area contributed by atoms with E-state index in [1.165, 1.54) is 24.3 Å². The predicted molar refractivity (Wildman–Crippen MR) is 129 cm³/mol. The molecule has 2 fully saturated rings. The molecule has 37 heavy (non-hydrogen) atoms. The Bertz CT molecular complexity index is 1120. The van der Waals surface area contributed by atoms with Gasteiger partial charge in [-0.25, -0.2) is 9.34 Å². The summed E-state index contributed by atoms with van der Waals surface area (Å²) in [5, 5.41) is 0. The highest BCUT2D eigenvalue weighted by molar-refractivity contribution is 8.10. The summed E-state index contributed by atoms with van der Waals surface area (Å²) in [7, 11) is 3.26. The van der Waals surface area contributed by atoms with Gasteiger partial charge in [-0.1, -0.05) is 24.3 Å². The number of likely N-dealkylation sites (N-methyl/N-ethyl adjacent to an activating group) is 2. The highest BCUT2D eigenvalue weighted by Gasteiger charge is 2.51. The minimum absolute atomic E-state index is 0.0556. The molecule has 3 atom stereocenters. The molecule has 0 aliphatic carbocycles. The number of ether oxygens (including phenoxy) is 2. The molecular formula is C24H27F6N2O3PS. The summed E-state index contributed by atoms with van der Waals surface area (Å²) >= 11 is 5.97. The predicted octanol–water partition coefficient (Wildman–Crippen LogP) is 6.78. The van der Waals surface area contributed by atoms with E-state index in [-0.39, 0.29) is 24.3 Å². The highest BCUT2D eigenvalue weighted by atomic mass is 32.5. The average Bonchev–Trinajstić information content (AvgIpc) is 3.26. The zero-order valence-electron chi connectivity index (χ0n) is 20.5. The molecule has 2 aromatic rings. The van der Waals surface area contributed by atoms with Gasteiger partial charge in [0.05, 0.1) is 36.4 Å². The lowest BCUT2D eigenvalue weighted by atomic mass is 9.91. The number of halogens is 6. The summed E-state index contributed by atoms with van der Waals surface area (Å²) in [5.41, 5.74) is -1.18. The molecule has 5 nitrogen and oxygen atoms in total. The summed E-state index contributed by atoms with van der Waals surface area (Å²) < 4.78 is 102. The smallest absolute Gasteiger partial charge is 0.348 e. The van der Waals surface area contributed by atoms with Gasteiger partial charge in [0.25, 0.3) is 0 Å². The third kappa shape index (κ3) is 5.75. The Morgan fingerprint density at radius 3 is 1.76 bits per heavy atom. The number of benzene rings is 2. The van der Waals surface area contributed by atoms with Gasteiger partial charge >= 0.3 is 12.4 Å². The molecule has 0 saturated carbocycles. The lowest BCUT2D eigenvalue weighted by molar-refractivity contribution is -0.141.